The van der Waals surface area contributed by atoms with Crippen LogP contribution in [0.25, 0.3) is 0 Å². The highest BCUT2D eigenvalue weighted by molar-refractivity contribution is 6.01. The zero-order chi connectivity index (χ0) is 16.1. The molecule has 0 fully saturated rings. The Morgan fingerprint density at radius 2 is 1.86 bits per heavy atom. The first-order valence-corrected chi connectivity index (χ1v) is 6.79. The topological polar surface area (TPSA) is 75.6 Å². The maximum Gasteiger partial charge on any atom is 0.337 e. The number of aromatic carboxylic acids is 1. The predicted octanol–water partition coefficient (Wildman–Crippen LogP) is 3.02. The van der Waals surface area contributed by atoms with Gasteiger partial charge >= 0.3 is 5.97 Å². The fourth-order valence-corrected chi connectivity index (χ4v) is 1.99. The second-order valence-electron chi connectivity index (χ2n) is 4.96. The third-order valence-corrected chi connectivity index (χ3v) is 3.13. The zero-order valence-corrected chi connectivity index (χ0v) is 12.4. The molecule has 0 aliphatic rings. The van der Waals surface area contributed by atoms with Gasteiger partial charge < -0.3 is 15.2 Å². The van der Waals surface area contributed by atoms with Gasteiger partial charge in [0.2, 0.25) is 0 Å². The van der Waals surface area contributed by atoms with Crippen molar-refractivity contribution in [2.75, 3.05) is 11.9 Å². The van der Waals surface area contributed by atoms with Gasteiger partial charge in [-0.25, -0.2) is 4.79 Å². The first kappa shape index (κ1) is 15.6. The lowest BCUT2D eigenvalue weighted by Gasteiger charge is -2.11. The molecule has 0 aromatic heterocycles. The minimum absolute atomic E-state index is 0.0595. The summed E-state index contributed by atoms with van der Waals surface area (Å²) >= 11 is 0. The van der Waals surface area contributed by atoms with E-state index in [1.165, 1.54) is 6.07 Å². The number of aryl methyl sites for hydroxylation is 2. The highest BCUT2D eigenvalue weighted by Crippen LogP contribution is 2.18. The average molecular weight is 299 g/mol. The maximum absolute atomic E-state index is 11.9. The van der Waals surface area contributed by atoms with E-state index in [0.717, 1.165) is 11.1 Å². The van der Waals surface area contributed by atoms with E-state index in [1.807, 2.05) is 25.1 Å². The van der Waals surface area contributed by atoms with E-state index < -0.39 is 11.9 Å². The number of carbonyl (C=O) groups is 2. The summed E-state index contributed by atoms with van der Waals surface area (Å²) in [5.41, 5.74) is 2.06. The molecule has 0 aliphatic carbocycles. The molecule has 2 rings (SSSR count). The van der Waals surface area contributed by atoms with Gasteiger partial charge in [0.1, 0.15) is 5.75 Å². The van der Waals surface area contributed by atoms with Crippen LogP contribution in [0.2, 0.25) is 0 Å². The van der Waals surface area contributed by atoms with E-state index in [0.29, 0.717) is 5.75 Å². The van der Waals surface area contributed by atoms with E-state index in [-0.39, 0.29) is 17.9 Å². The van der Waals surface area contributed by atoms with Crippen LogP contribution in [0.5, 0.6) is 5.75 Å². The van der Waals surface area contributed by atoms with Gasteiger partial charge in [-0.05, 0) is 37.6 Å². The van der Waals surface area contributed by atoms with Gasteiger partial charge in [-0.2, -0.15) is 0 Å². The van der Waals surface area contributed by atoms with E-state index in [2.05, 4.69) is 5.32 Å². The number of anilines is 1. The molecule has 114 valence electrons. The van der Waals surface area contributed by atoms with Gasteiger partial charge in [0.15, 0.2) is 6.61 Å². The third-order valence-electron chi connectivity index (χ3n) is 3.13. The first-order chi connectivity index (χ1) is 10.5. The number of ether oxygens (including phenoxy) is 1. The number of rotatable bonds is 5. The molecule has 0 unspecified atom stereocenters. The molecule has 2 N–H and O–H groups in total. The van der Waals surface area contributed by atoms with Gasteiger partial charge in [-0.1, -0.05) is 29.8 Å². The number of hydrogen-bond acceptors (Lipinski definition) is 3. The van der Waals surface area contributed by atoms with Crippen molar-refractivity contribution in [2.45, 2.75) is 13.8 Å². The van der Waals surface area contributed by atoms with Gasteiger partial charge in [0.05, 0.1) is 11.3 Å². The van der Waals surface area contributed by atoms with Crippen LogP contribution < -0.4 is 10.1 Å². The van der Waals surface area contributed by atoms with E-state index >= 15 is 0 Å². The van der Waals surface area contributed by atoms with Crippen molar-refractivity contribution in [3.05, 3.63) is 59.2 Å². The molecule has 0 saturated heterocycles. The van der Waals surface area contributed by atoms with Crippen molar-refractivity contribution in [1.82, 2.24) is 0 Å². The molecule has 5 heteroatoms. The first-order valence-electron chi connectivity index (χ1n) is 6.79. The monoisotopic (exact) mass is 299 g/mol. The van der Waals surface area contributed by atoms with Crippen molar-refractivity contribution in [2.24, 2.45) is 0 Å². The molecule has 22 heavy (non-hydrogen) atoms. The van der Waals surface area contributed by atoms with Crippen molar-refractivity contribution in [1.29, 1.82) is 0 Å². The number of nitrogens with one attached hydrogen (secondary N) is 1. The Morgan fingerprint density at radius 1 is 1.14 bits per heavy atom. The number of para-hydroxylation sites is 1. The van der Waals surface area contributed by atoms with E-state index in [1.54, 1.807) is 25.1 Å². The molecule has 1 amide bonds. The highest BCUT2D eigenvalue weighted by Gasteiger charge is 2.13. The number of amides is 1. The summed E-state index contributed by atoms with van der Waals surface area (Å²) in [7, 11) is 0. The van der Waals surface area contributed by atoms with Crippen LogP contribution in [-0.2, 0) is 4.79 Å². The van der Waals surface area contributed by atoms with Gasteiger partial charge in [-0.3, -0.25) is 4.79 Å². The normalized spacial score (nSPS) is 10.1. The van der Waals surface area contributed by atoms with Crippen molar-refractivity contribution >= 4 is 17.6 Å². The molecule has 0 spiro atoms. The number of carboxylic acids is 1. The van der Waals surface area contributed by atoms with E-state index in [4.69, 9.17) is 9.84 Å². The molecule has 0 bridgehead atoms. The summed E-state index contributed by atoms with van der Waals surface area (Å²) in [4.78, 5) is 23.1. The van der Waals surface area contributed by atoms with Gasteiger partial charge in [0.25, 0.3) is 5.91 Å². The Hall–Kier alpha value is -2.82. The number of hydrogen-bond donors (Lipinski definition) is 2. The number of carboxylic acid groups (broad SMARTS) is 1. The standard InChI is InChI=1S/C17H17NO4/c1-11-7-8-14(13(9-11)17(20)21)18-16(19)10-22-15-6-4-3-5-12(15)2/h3-9H,10H2,1-2H3,(H,18,19)(H,20,21). The minimum Gasteiger partial charge on any atom is -0.483 e. The second kappa shape index (κ2) is 6.76. The molecule has 0 saturated carbocycles. The van der Waals surface area contributed by atoms with Crippen LogP contribution in [0, 0.1) is 13.8 Å². The molecule has 5 nitrogen and oxygen atoms in total. The SMILES string of the molecule is Cc1ccc(NC(=O)COc2ccccc2C)c(C(=O)O)c1. The molecule has 0 atom stereocenters. The average Bonchev–Trinajstić information content (AvgIpc) is 2.48. The van der Waals surface area contributed by atoms with Crippen LogP contribution in [0.3, 0.4) is 0 Å². The molecule has 0 aliphatic heterocycles. The third kappa shape index (κ3) is 3.85. The molecular formula is C17H17NO4. The Kier molecular flexibility index (Phi) is 4.78. The van der Waals surface area contributed by atoms with Gasteiger partial charge in [-0.15, -0.1) is 0 Å². The lowest BCUT2D eigenvalue weighted by atomic mass is 10.1. The van der Waals surface area contributed by atoms with Crippen molar-refractivity contribution in [3.63, 3.8) is 0 Å². The summed E-state index contributed by atoms with van der Waals surface area (Å²) in [6.45, 7) is 3.49. The number of benzene rings is 2. The van der Waals surface area contributed by atoms with Crippen molar-refractivity contribution in [3.8, 4) is 5.75 Å². The summed E-state index contributed by atoms with van der Waals surface area (Å²) in [6, 6.07) is 12.2. The smallest absolute Gasteiger partial charge is 0.337 e. The Bertz CT molecular complexity index is 710. The Morgan fingerprint density at radius 3 is 2.55 bits per heavy atom. The van der Waals surface area contributed by atoms with Crippen LogP contribution in [0.1, 0.15) is 21.5 Å². The lowest BCUT2D eigenvalue weighted by Crippen LogP contribution is -2.21. The Balaban J connectivity index is 2.04. The quantitative estimate of drug-likeness (QED) is 0.890. The molecule has 0 radical (unpaired) electrons. The summed E-state index contributed by atoms with van der Waals surface area (Å²) in [5, 5.41) is 11.7. The fraction of sp³-hybridized carbons (Fsp3) is 0.176. The lowest BCUT2D eigenvalue weighted by molar-refractivity contribution is -0.118. The van der Waals surface area contributed by atoms with E-state index in [9.17, 15) is 9.59 Å². The summed E-state index contributed by atoms with van der Waals surface area (Å²) < 4.78 is 5.44. The Labute approximate surface area is 128 Å². The highest BCUT2D eigenvalue weighted by atomic mass is 16.5. The summed E-state index contributed by atoms with van der Waals surface area (Å²) in [5.74, 6) is -0.867. The van der Waals surface area contributed by atoms with Crippen LogP contribution in [-0.4, -0.2) is 23.6 Å². The minimum atomic E-state index is -1.08. The van der Waals surface area contributed by atoms with Crippen LogP contribution in [0.4, 0.5) is 5.69 Å². The molecule has 0 heterocycles. The zero-order valence-electron chi connectivity index (χ0n) is 12.4. The predicted molar refractivity (Wildman–Crippen MR) is 83.4 cm³/mol. The van der Waals surface area contributed by atoms with Crippen LogP contribution >= 0.6 is 0 Å². The molecule has 2 aromatic rings. The second-order valence-corrected chi connectivity index (χ2v) is 4.96. The maximum atomic E-state index is 11.9. The van der Waals surface area contributed by atoms with Crippen LogP contribution in [0.15, 0.2) is 42.5 Å². The fourth-order valence-electron chi connectivity index (χ4n) is 1.99. The largest absolute Gasteiger partial charge is 0.483 e. The van der Waals surface area contributed by atoms with Crippen molar-refractivity contribution < 1.29 is 19.4 Å². The van der Waals surface area contributed by atoms with Gasteiger partial charge in [0, 0.05) is 0 Å². The number of carbonyl (C=O) groups excluding carboxylic acids is 1. The molecule has 2 aromatic carbocycles. The summed E-state index contributed by atoms with van der Waals surface area (Å²) in [6.07, 6.45) is 0. The molecular weight excluding hydrogens is 282 g/mol.